The normalized spacial score (nSPS) is 17.0. The number of hydrogen-bond donors (Lipinski definition) is 3. The summed E-state index contributed by atoms with van der Waals surface area (Å²) in [4.78, 5) is 35.3. The smallest absolute Gasteiger partial charge is 0.306 e. The molecule has 3 N–H and O–H groups in total. The molecule has 0 fully saturated rings. The number of azide groups is 1. The Bertz CT molecular complexity index is 1630. The maximum Gasteiger partial charge on any atom is 0.306 e. The van der Waals surface area contributed by atoms with E-state index in [0.29, 0.717) is 41.2 Å². The van der Waals surface area contributed by atoms with Crippen molar-refractivity contribution in [1.82, 2.24) is 10.9 Å². The highest BCUT2D eigenvalue weighted by atomic mass is 16.6. The van der Waals surface area contributed by atoms with Crippen LogP contribution in [0, 0.1) is 0 Å². The number of nitrogens with one attached hydrogen (secondary N) is 2. The first kappa shape index (κ1) is 35.7. The van der Waals surface area contributed by atoms with Crippen molar-refractivity contribution in [1.29, 1.82) is 0 Å². The number of aliphatic hydroxyl groups excluding tert-OH is 1. The summed E-state index contributed by atoms with van der Waals surface area (Å²) in [5.41, 5.74) is 15.1. The molecule has 1 aliphatic heterocycles. The highest BCUT2D eigenvalue weighted by Gasteiger charge is 2.54. The molecule has 0 saturated carbocycles. The lowest BCUT2D eigenvalue weighted by atomic mass is 9.82. The number of para-hydroxylation sites is 1. The van der Waals surface area contributed by atoms with Crippen molar-refractivity contribution < 1.29 is 33.6 Å². The minimum atomic E-state index is -1.65. The highest BCUT2D eigenvalue weighted by molar-refractivity contribution is 6.01. The van der Waals surface area contributed by atoms with E-state index in [4.69, 9.17) is 34.6 Å². The van der Waals surface area contributed by atoms with Crippen molar-refractivity contribution in [3.63, 3.8) is 0 Å². The second-order valence-corrected chi connectivity index (χ2v) is 12.1. The molecule has 0 aliphatic carbocycles. The average Bonchev–Trinajstić information content (AvgIpc) is 3.47. The number of carbonyl (C=O) groups is 2. The van der Waals surface area contributed by atoms with E-state index >= 15 is 0 Å². The number of hydrogen-bond acceptors (Lipinski definition) is 10. The molecule has 254 valence electrons. The van der Waals surface area contributed by atoms with Gasteiger partial charge in [-0.3, -0.25) is 15.0 Å². The van der Waals surface area contributed by atoms with E-state index in [2.05, 4.69) is 20.9 Å². The second kappa shape index (κ2) is 16.6. The van der Waals surface area contributed by atoms with Crippen LogP contribution in [0.5, 0.6) is 11.5 Å². The molecule has 0 bridgehead atoms. The standard InChI is InChI=1S/C35H42N6O7/c1-34(2,3)48-30(43)18-19-35(33(44)40-37-23-26-11-6-8-13-29(26)45-4)31(28-12-7-5-10-25(28)22-38-41-36)47-32(39-35)24-14-16-27(17-15-24)46-21-9-20-42/h5-8,10-17,31,37,42H,9,18-23H2,1-4H3,(H,40,44)/t31-,35-/m0/s1. The molecule has 3 aromatic carbocycles. The lowest BCUT2D eigenvalue weighted by Gasteiger charge is -2.32. The molecular weight excluding hydrogens is 616 g/mol. The average molecular weight is 659 g/mol. The molecule has 0 saturated heterocycles. The molecule has 0 aromatic heterocycles. The van der Waals surface area contributed by atoms with Gasteiger partial charge in [0.1, 0.15) is 17.1 Å². The summed E-state index contributed by atoms with van der Waals surface area (Å²) < 4.78 is 23.3. The van der Waals surface area contributed by atoms with Gasteiger partial charge >= 0.3 is 5.97 Å². The van der Waals surface area contributed by atoms with Gasteiger partial charge in [-0.1, -0.05) is 47.6 Å². The molecule has 2 atom stereocenters. The minimum Gasteiger partial charge on any atom is -0.496 e. The van der Waals surface area contributed by atoms with Gasteiger partial charge in [0.25, 0.3) is 5.91 Å². The summed E-state index contributed by atoms with van der Waals surface area (Å²) >= 11 is 0. The van der Waals surface area contributed by atoms with E-state index < -0.39 is 29.1 Å². The van der Waals surface area contributed by atoms with Crippen LogP contribution in [0.2, 0.25) is 0 Å². The molecule has 3 aromatic rings. The van der Waals surface area contributed by atoms with Gasteiger partial charge in [-0.2, -0.15) is 0 Å². The molecule has 0 spiro atoms. The van der Waals surface area contributed by atoms with Crippen LogP contribution >= 0.6 is 0 Å². The number of aliphatic hydroxyl groups is 1. The van der Waals surface area contributed by atoms with Crippen LogP contribution in [0.3, 0.4) is 0 Å². The lowest BCUT2D eigenvalue weighted by molar-refractivity contribution is -0.155. The van der Waals surface area contributed by atoms with E-state index in [1.165, 1.54) is 0 Å². The maximum atomic E-state index is 14.4. The minimum absolute atomic E-state index is 0.0115. The predicted molar refractivity (Wildman–Crippen MR) is 179 cm³/mol. The topological polar surface area (TPSA) is 176 Å². The fourth-order valence-electron chi connectivity index (χ4n) is 5.25. The van der Waals surface area contributed by atoms with Gasteiger partial charge in [-0.15, -0.1) is 0 Å². The molecule has 1 aliphatic rings. The number of hydrazine groups is 1. The number of rotatable bonds is 16. The first-order valence-electron chi connectivity index (χ1n) is 15.7. The Kier molecular flexibility index (Phi) is 12.4. The highest BCUT2D eigenvalue weighted by Crippen LogP contribution is 2.44. The number of nitrogens with zero attached hydrogens (tertiary/aromatic N) is 4. The fourth-order valence-corrected chi connectivity index (χ4v) is 5.25. The molecule has 1 amide bonds. The number of amides is 1. The molecule has 1 heterocycles. The summed E-state index contributed by atoms with van der Waals surface area (Å²) in [6.45, 7) is 5.95. The van der Waals surface area contributed by atoms with Crippen molar-refractivity contribution in [2.45, 2.75) is 70.4 Å². The number of carbonyl (C=O) groups excluding carboxylic acids is 2. The Morgan fingerprint density at radius 1 is 1.06 bits per heavy atom. The van der Waals surface area contributed by atoms with Crippen LogP contribution < -0.4 is 20.3 Å². The van der Waals surface area contributed by atoms with Crippen LogP contribution in [-0.2, 0) is 32.2 Å². The van der Waals surface area contributed by atoms with E-state index in [1.807, 2.05) is 24.3 Å². The van der Waals surface area contributed by atoms with Crippen LogP contribution in [0.15, 0.2) is 82.9 Å². The van der Waals surface area contributed by atoms with Gasteiger partial charge in [0.2, 0.25) is 5.90 Å². The van der Waals surface area contributed by atoms with Crippen molar-refractivity contribution >= 4 is 17.8 Å². The van der Waals surface area contributed by atoms with E-state index in [1.54, 1.807) is 76.4 Å². The largest absolute Gasteiger partial charge is 0.496 e. The number of methoxy groups -OCH3 is 1. The van der Waals surface area contributed by atoms with E-state index in [-0.39, 0.29) is 38.4 Å². The quantitative estimate of drug-likeness (QED) is 0.0453. The van der Waals surface area contributed by atoms with Crippen LogP contribution in [0.25, 0.3) is 10.4 Å². The zero-order valence-electron chi connectivity index (χ0n) is 27.6. The van der Waals surface area contributed by atoms with Crippen molar-refractivity contribution in [2.24, 2.45) is 10.1 Å². The molecule has 4 rings (SSSR count). The van der Waals surface area contributed by atoms with Gasteiger partial charge < -0.3 is 24.1 Å². The van der Waals surface area contributed by atoms with Gasteiger partial charge in [0.05, 0.1) is 20.3 Å². The number of benzene rings is 3. The summed E-state index contributed by atoms with van der Waals surface area (Å²) in [5, 5.41) is 12.8. The Labute approximate surface area is 279 Å². The first-order chi connectivity index (χ1) is 23.1. The van der Waals surface area contributed by atoms with Crippen LogP contribution in [0.4, 0.5) is 0 Å². The van der Waals surface area contributed by atoms with Crippen LogP contribution in [-0.4, -0.2) is 54.3 Å². The summed E-state index contributed by atoms with van der Waals surface area (Å²) in [5.74, 6) is 0.396. The third kappa shape index (κ3) is 9.25. The monoisotopic (exact) mass is 658 g/mol. The molecule has 0 unspecified atom stereocenters. The summed E-state index contributed by atoms with van der Waals surface area (Å²) in [6, 6.07) is 21.6. The summed E-state index contributed by atoms with van der Waals surface area (Å²) in [7, 11) is 1.57. The van der Waals surface area contributed by atoms with E-state index in [9.17, 15) is 9.59 Å². The number of esters is 1. The molecule has 0 radical (unpaired) electrons. The third-order valence-electron chi connectivity index (χ3n) is 7.48. The Morgan fingerprint density at radius 3 is 2.46 bits per heavy atom. The third-order valence-corrected chi connectivity index (χ3v) is 7.48. The Balaban J connectivity index is 1.75. The first-order valence-corrected chi connectivity index (χ1v) is 15.7. The maximum absolute atomic E-state index is 14.4. The molecule has 13 nitrogen and oxygen atoms in total. The summed E-state index contributed by atoms with van der Waals surface area (Å²) in [6.07, 6.45) is -0.705. The Hall–Kier alpha value is -5.10. The van der Waals surface area contributed by atoms with Gasteiger partial charge in [0.15, 0.2) is 11.6 Å². The number of ether oxygens (including phenoxy) is 4. The van der Waals surface area contributed by atoms with Crippen molar-refractivity contribution in [2.75, 3.05) is 20.3 Å². The Morgan fingerprint density at radius 2 is 1.77 bits per heavy atom. The lowest BCUT2D eigenvalue weighted by Crippen LogP contribution is -2.53. The second-order valence-electron chi connectivity index (χ2n) is 12.1. The number of aliphatic imine (C=N–C) groups is 1. The fraction of sp³-hybridized carbons (Fsp3) is 0.400. The SMILES string of the molecule is COc1ccccc1CNNC(=O)[C@@]1(CCC(=O)OC(C)(C)C)N=C(c2ccc(OCCCO)cc2)O[C@H]1c1ccccc1CN=[N+]=[N-]. The van der Waals surface area contributed by atoms with Crippen molar-refractivity contribution in [3.8, 4) is 11.5 Å². The molecule has 48 heavy (non-hydrogen) atoms. The predicted octanol–water partition coefficient (Wildman–Crippen LogP) is 5.47. The van der Waals surface area contributed by atoms with Gasteiger partial charge in [0, 0.05) is 42.0 Å². The van der Waals surface area contributed by atoms with Crippen LogP contribution in [0.1, 0.15) is 68.4 Å². The molecule has 13 heteroatoms. The zero-order chi connectivity index (χ0) is 34.6. The zero-order valence-corrected chi connectivity index (χ0v) is 27.6. The van der Waals surface area contributed by atoms with Gasteiger partial charge in [-0.05, 0) is 74.2 Å². The van der Waals surface area contributed by atoms with Crippen molar-refractivity contribution in [3.05, 3.63) is 105 Å². The van der Waals surface area contributed by atoms with Gasteiger partial charge in [-0.25, -0.2) is 10.4 Å². The molecular formula is C35H42N6O7. The van der Waals surface area contributed by atoms with E-state index in [0.717, 1.165) is 5.56 Å².